The molecule has 1 saturated carbocycles. The number of ether oxygens (including phenoxy) is 1. The molecular weight excluding hydrogens is 358 g/mol. The van der Waals surface area contributed by atoms with E-state index in [-0.39, 0.29) is 29.8 Å². The largest absolute Gasteiger partial charge is 0.461 e. The summed E-state index contributed by atoms with van der Waals surface area (Å²) >= 11 is 0. The van der Waals surface area contributed by atoms with Crippen LogP contribution in [0.2, 0.25) is 0 Å². The summed E-state index contributed by atoms with van der Waals surface area (Å²) in [5, 5.41) is 6.94. The van der Waals surface area contributed by atoms with Gasteiger partial charge in [0.15, 0.2) is 5.69 Å². The summed E-state index contributed by atoms with van der Waals surface area (Å²) in [6, 6.07) is 8.44. The van der Waals surface area contributed by atoms with Crippen molar-refractivity contribution in [3.63, 3.8) is 0 Å². The predicted octanol–water partition coefficient (Wildman–Crippen LogP) is 3.24. The van der Waals surface area contributed by atoms with Crippen molar-refractivity contribution < 1.29 is 14.3 Å². The van der Waals surface area contributed by atoms with E-state index in [4.69, 9.17) is 4.74 Å². The van der Waals surface area contributed by atoms with Gasteiger partial charge >= 0.3 is 5.97 Å². The number of carbonyl (C=O) groups excluding carboxylic acids is 2. The standard InChI is InChI=1S/C21H25N3O4/c1-3-28-21(27)19-17(22-20(26)15-7-5-4-6-8-15)13-18(25)24(23-19)16-11-9-14(2)10-12-16/h9-13,15H,3-8H2,1-2H3,(H,22,26). The van der Waals surface area contributed by atoms with Gasteiger partial charge in [-0.3, -0.25) is 9.59 Å². The zero-order valence-corrected chi connectivity index (χ0v) is 16.2. The highest BCUT2D eigenvalue weighted by atomic mass is 16.5. The SMILES string of the molecule is CCOC(=O)c1nn(-c2ccc(C)cc2)c(=O)cc1NC(=O)C1CCCCC1. The fraction of sp³-hybridized carbons (Fsp3) is 0.429. The summed E-state index contributed by atoms with van der Waals surface area (Å²) in [5.41, 5.74) is 1.16. The lowest BCUT2D eigenvalue weighted by molar-refractivity contribution is -0.120. The Balaban J connectivity index is 1.97. The molecule has 1 aliphatic rings. The van der Waals surface area contributed by atoms with Crippen molar-refractivity contribution in [1.82, 2.24) is 9.78 Å². The second-order valence-electron chi connectivity index (χ2n) is 7.04. The van der Waals surface area contributed by atoms with Gasteiger partial charge in [0.25, 0.3) is 5.56 Å². The Kier molecular flexibility index (Phi) is 6.23. The van der Waals surface area contributed by atoms with Crippen molar-refractivity contribution in [1.29, 1.82) is 0 Å². The molecular formula is C21H25N3O4. The zero-order valence-electron chi connectivity index (χ0n) is 16.2. The van der Waals surface area contributed by atoms with E-state index in [1.54, 1.807) is 19.1 Å². The van der Waals surface area contributed by atoms with Crippen LogP contribution in [0, 0.1) is 12.8 Å². The summed E-state index contributed by atoms with van der Waals surface area (Å²) in [5.74, 6) is -0.967. The van der Waals surface area contributed by atoms with Gasteiger partial charge in [0.1, 0.15) is 0 Å². The third kappa shape index (κ3) is 4.47. The highest BCUT2D eigenvalue weighted by Crippen LogP contribution is 2.25. The number of rotatable bonds is 5. The maximum atomic E-state index is 12.6. The molecule has 1 aromatic heterocycles. The Hall–Kier alpha value is -2.96. The molecule has 28 heavy (non-hydrogen) atoms. The molecule has 0 unspecified atom stereocenters. The number of hydrogen-bond donors (Lipinski definition) is 1. The van der Waals surface area contributed by atoms with Crippen molar-refractivity contribution >= 4 is 17.6 Å². The Morgan fingerprint density at radius 1 is 1.18 bits per heavy atom. The first-order valence-electron chi connectivity index (χ1n) is 9.69. The Labute approximate surface area is 163 Å². The molecule has 0 saturated heterocycles. The van der Waals surface area contributed by atoms with Crippen molar-refractivity contribution in [2.75, 3.05) is 11.9 Å². The summed E-state index contributed by atoms with van der Waals surface area (Å²) in [4.78, 5) is 37.6. The van der Waals surface area contributed by atoms with E-state index in [1.807, 2.05) is 19.1 Å². The number of benzene rings is 1. The number of nitrogens with zero attached hydrogens (tertiary/aromatic N) is 2. The predicted molar refractivity (Wildman–Crippen MR) is 106 cm³/mol. The molecule has 1 N–H and O–H groups in total. The van der Waals surface area contributed by atoms with Crippen LogP contribution in [0.3, 0.4) is 0 Å². The molecule has 1 aromatic carbocycles. The molecule has 2 aromatic rings. The van der Waals surface area contributed by atoms with E-state index in [2.05, 4.69) is 10.4 Å². The molecule has 0 aliphatic heterocycles. The van der Waals surface area contributed by atoms with Gasteiger partial charge in [0.2, 0.25) is 5.91 Å². The maximum absolute atomic E-state index is 12.6. The van der Waals surface area contributed by atoms with Crippen molar-refractivity contribution in [2.24, 2.45) is 5.92 Å². The van der Waals surface area contributed by atoms with Crippen LogP contribution in [0.5, 0.6) is 0 Å². The number of hydrogen-bond acceptors (Lipinski definition) is 5. The highest BCUT2D eigenvalue weighted by Gasteiger charge is 2.25. The van der Waals surface area contributed by atoms with E-state index in [0.717, 1.165) is 42.3 Å². The van der Waals surface area contributed by atoms with Crippen LogP contribution >= 0.6 is 0 Å². The summed E-state index contributed by atoms with van der Waals surface area (Å²) in [7, 11) is 0. The molecule has 0 radical (unpaired) electrons. The Bertz CT molecular complexity index is 912. The molecule has 1 heterocycles. The fourth-order valence-corrected chi connectivity index (χ4v) is 3.37. The van der Waals surface area contributed by atoms with Crippen LogP contribution in [-0.4, -0.2) is 28.3 Å². The van der Waals surface area contributed by atoms with Gasteiger partial charge < -0.3 is 10.1 Å². The first-order valence-corrected chi connectivity index (χ1v) is 9.69. The second kappa shape index (κ2) is 8.82. The zero-order chi connectivity index (χ0) is 20.1. The van der Waals surface area contributed by atoms with Gasteiger partial charge in [-0.15, -0.1) is 0 Å². The normalized spacial score (nSPS) is 14.5. The van der Waals surface area contributed by atoms with E-state index in [1.165, 1.54) is 6.07 Å². The molecule has 1 aliphatic carbocycles. The van der Waals surface area contributed by atoms with Gasteiger partial charge in [-0.25, -0.2) is 4.79 Å². The monoisotopic (exact) mass is 383 g/mol. The number of amides is 1. The number of carbonyl (C=O) groups is 2. The lowest BCUT2D eigenvalue weighted by atomic mass is 9.88. The molecule has 7 heteroatoms. The van der Waals surface area contributed by atoms with Crippen molar-refractivity contribution in [3.05, 3.63) is 51.9 Å². The first-order chi connectivity index (χ1) is 13.5. The minimum atomic E-state index is -0.678. The molecule has 3 rings (SSSR count). The van der Waals surface area contributed by atoms with Crippen LogP contribution in [0.1, 0.15) is 55.1 Å². The number of anilines is 1. The lowest BCUT2D eigenvalue weighted by Crippen LogP contribution is -2.30. The maximum Gasteiger partial charge on any atom is 0.360 e. The lowest BCUT2D eigenvalue weighted by Gasteiger charge is -2.21. The van der Waals surface area contributed by atoms with Crippen molar-refractivity contribution in [2.45, 2.75) is 46.0 Å². The van der Waals surface area contributed by atoms with Gasteiger partial charge in [0.05, 0.1) is 18.0 Å². The second-order valence-corrected chi connectivity index (χ2v) is 7.04. The average molecular weight is 383 g/mol. The van der Waals surface area contributed by atoms with Crippen LogP contribution in [0.4, 0.5) is 5.69 Å². The van der Waals surface area contributed by atoms with Gasteiger partial charge in [-0.2, -0.15) is 9.78 Å². The fourth-order valence-electron chi connectivity index (χ4n) is 3.37. The summed E-state index contributed by atoms with van der Waals surface area (Å²) in [6.45, 7) is 3.79. The van der Waals surface area contributed by atoms with Crippen LogP contribution < -0.4 is 10.9 Å². The van der Waals surface area contributed by atoms with Crippen molar-refractivity contribution in [3.8, 4) is 5.69 Å². The van der Waals surface area contributed by atoms with E-state index < -0.39 is 11.5 Å². The Morgan fingerprint density at radius 2 is 1.86 bits per heavy atom. The van der Waals surface area contributed by atoms with Gasteiger partial charge in [0, 0.05) is 12.0 Å². The van der Waals surface area contributed by atoms with E-state index >= 15 is 0 Å². The molecule has 0 bridgehead atoms. The van der Waals surface area contributed by atoms with Crippen LogP contribution in [-0.2, 0) is 9.53 Å². The molecule has 1 amide bonds. The number of esters is 1. The smallest absolute Gasteiger partial charge is 0.360 e. The summed E-state index contributed by atoms with van der Waals surface area (Å²) in [6.07, 6.45) is 4.78. The molecule has 7 nitrogen and oxygen atoms in total. The number of aryl methyl sites for hydroxylation is 1. The minimum absolute atomic E-state index is 0.0776. The highest BCUT2D eigenvalue weighted by molar-refractivity contribution is 6.00. The quantitative estimate of drug-likeness (QED) is 0.801. The molecule has 1 fully saturated rings. The topological polar surface area (TPSA) is 90.3 Å². The first kappa shape index (κ1) is 19.8. The number of nitrogens with one attached hydrogen (secondary N) is 1. The minimum Gasteiger partial charge on any atom is -0.461 e. The van der Waals surface area contributed by atoms with E-state index in [0.29, 0.717) is 5.69 Å². The molecule has 0 atom stereocenters. The molecule has 148 valence electrons. The van der Waals surface area contributed by atoms with Gasteiger partial charge in [-0.05, 0) is 38.8 Å². The summed E-state index contributed by atoms with van der Waals surface area (Å²) < 4.78 is 6.22. The average Bonchev–Trinajstić information content (AvgIpc) is 2.70. The van der Waals surface area contributed by atoms with Gasteiger partial charge in [-0.1, -0.05) is 37.0 Å². The van der Waals surface area contributed by atoms with E-state index in [9.17, 15) is 14.4 Å². The third-order valence-corrected chi connectivity index (χ3v) is 4.91. The third-order valence-electron chi connectivity index (χ3n) is 4.91. The van der Waals surface area contributed by atoms with Crippen LogP contribution in [0.15, 0.2) is 35.1 Å². The molecule has 0 spiro atoms. The number of aromatic nitrogens is 2. The Morgan fingerprint density at radius 3 is 2.50 bits per heavy atom. The van der Waals surface area contributed by atoms with Crippen LogP contribution in [0.25, 0.3) is 5.69 Å².